The van der Waals surface area contributed by atoms with Gasteiger partial charge in [0.25, 0.3) is 0 Å². The van der Waals surface area contributed by atoms with Crippen LogP contribution in [-0.4, -0.2) is 21.3 Å². The summed E-state index contributed by atoms with van der Waals surface area (Å²) < 4.78 is 33.0. The van der Waals surface area contributed by atoms with E-state index in [-0.39, 0.29) is 31.1 Å². The van der Waals surface area contributed by atoms with E-state index >= 15 is 0 Å². The Labute approximate surface area is 204 Å². The third-order valence-electron chi connectivity index (χ3n) is 4.88. The van der Waals surface area contributed by atoms with Gasteiger partial charge in [-0.25, -0.2) is 8.42 Å². The van der Waals surface area contributed by atoms with E-state index in [2.05, 4.69) is 21.2 Å². The van der Waals surface area contributed by atoms with Gasteiger partial charge in [0.15, 0.2) is 0 Å². The summed E-state index contributed by atoms with van der Waals surface area (Å²) in [6, 6.07) is 21.9. The average molecular weight is 543 g/mol. The third kappa shape index (κ3) is 4.66. The van der Waals surface area contributed by atoms with Crippen molar-refractivity contribution in [2.45, 2.75) is 9.79 Å². The molecule has 1 aromatic heterocycles. The molecule has 0 atom stereocenters. The number of carbonyl (C=O) groups is 1. The molecule has 4 aromatic rings. The van der Waals surface area contributed by atoms with E-state index in [1.165, 1.54) is 19.2 Å². The molecule has 3 N–H and O–H groups in total. The monoisotopic (exact) mass is 542 g/mol. The molecule has 9 heteroatoms. The Hall–Kier alpha value is -3.14. The number of hydrogen-bond donors (Lipinski definition) is 2. The smallest absolute Gasteiger partial charge is 0.211 e. The van der Waals surface area contributed by atoms with Crippen molar-refractivity contribution in [3.05, 3.63) is 93.8 Å². The number of ether oxygens (including phenoxy) is 1. The Morgan fingerprint density at radius 1 is 0.970 bits per heavy atom. The highest BCUT2D eigenvalue weighted by Crippen LogP contribution is 2.44. The Morgan fingerprint density at radius 2 is 1.61 bits per heavy atom. The molecule has 0 amide bonds. The van der Waals surface area contributed by atoms with Gasteiger partial charge < -0.3 is 15.8 Å². The Bertz CT molecular complexity index is 1400. The van der Waals surface area contributed by atoms with Crippen molar-refractivity contribution in [3.8, 4) is 5.75 Å². The van der Waals surface area contributed by atoms with Crippen molar-refractivity contribution < 1.29 is 17.9 Å². The van der Waals surface area contributed by atoms with Crippen LogP contribution >= 0.6 is 27.3 Å². The summed E-state index contributed by atoms with van der Waals surface area (Å²) in [5.74, 6) is 0.240. The summed E-state index contributed by atoms with van der Waals surface area (Å²) in [5, 5.41) is 3.40. The Morgan fingerprint density at radius 3 is 2.21 bits per heavy atom. The second-order valence-electron chi connectivity index (χ2n) is 7.01. The SMILES string of the molecule is COc1ccc(C(=O)c2sc(Nc3ccccc3)c(S(=O)(=O)c3ccc(Br)cc3)c2N)cc1. The molecular formula is C24H19BrN2O4S2. The molecule has 33 heavy (non-hydrogen) atoms. The van der Waals surface area contributed by atoms with Gasteiger partial charge in [0.05, 0.1) is 17.7 Å². The van der Waals surface area contributed by atoms with Crippen molar-refractivity contribution >= 4 is 59.3 Å². The first-order valence-corrected chi connectivity index (χ1v) is 12.8. The first kappa shape index (κ1) is 23.0. The van der Waals surface area contributed by atoms with Crippen LogP contribution in [0.5, 0.6) is 5.75 Å². The number of nitrogens with two attached hydrogens (primary N) is 1. The van der Waals surface area contributed by atoms with E-state index in [1.54, 1.807) is 48.5 Å². The Kier molecular flexibility index (Phi) is 6.55. The number of sulfone groups is 1. The van der Waals surface area contributed by atoms with Crippen molar-refractivity contribution in [2.24, 2.45) is 0 Å². The number of para-hydroxylation sites is 1. The number of thiophene rings is 1. The van der Waals surface area contributed by atoms with Crippen LogP contribution in [0.15, 0.2) is 93.1 Å². The topological polar surface area (TPSA) is 98.5 Å². The fourth-order valence-electron chi connectivity index (χ4n) is 3.20. The number of rotatable bonds is 7. The predicted octanol–water partition coefficient (Wildman–Crippen LogP) is 5.91. The van der Waals surface area contributed by atoms with E-state index in [4.69, 9.17) is 10.5 Å². The van der Waals surface area contributed by atoms with Crippen molar-refractivity contribution in [1.82, 2.24) is 0 Å². The van der Waals surface area contributed by atoms with Crippen LogP contribution in [0.3, 0.4) is 0 Å². The summed E-state index contributed by atoms with van der Waals surface area (Å²) >= 11 is 4.33. The van der Waals surface area contributed by atoms with Gasteiger partial charge in [0.2, 0.25) is 15.6 Å². The number of halogens is 1. The minimum Gasteiger partial charge on any atom is -0.497 e. The van der Waals surface area contributed by atoms with Gasteiger partial charge in [-0.05, 0) is 60.7 Å². The maximum absolute atomic E-state index is 13.6. The van der Waals surface area contributed by atoms with Gasteiger partial charge in [-0.2, -0.15) is 0 Å². The summed E-state index contributed by atoms with van der Waals surface area (Å²) in [4.78, 5) is 13.4. The third-order valence-corrected chi connectivity index (χ3v) is 8.51. The van der Waals surface area contributed by atoms with Crippen LogP contribution in [-0.2, 0) is 9.84 Å². The lowest BCUT2D eigenvalue weighted by atomic mass is 10.1. The van der Waals surface area contributed by atoms with Crippen LogP contribution in [0, 0.1) is 0 Å². The number of anilines is 3. The van der Waals surface area contributed by atoms with Gasteiger partial charge >= 0.3 is 0 Å². The van der Waals surface area contributed by atoms with Crippen LogP contribution in [0.2, 0.25) is 0 Å². The summed E-state index contributed by atoms with van der Waals surface area (Å²) in [7, 11) is -2.48. The lowest BCUT2D eigenvalue weighted by Crippen LogP contribution is -2.08. The fraction of sp³-hybridized carbons (Fsp3) is 0.0417. The zero-order valence-corrected chi connectivity index (χ0v) is 20.6. The van der Waals surface area contributed by atoms with Crippen molar-refractivity contribution in [1.29, 1.82) is 0 Å². The second kappa shape index (κ2) is 9.38. The number of ketones is 1. The molecule has 6 nitrogen and oxygen atoms in total. The van der Waals surface area contributed by atoms with Gasteiger partial charge in [-0.3, -0.25) is 4.79 Å². The van der Waals surface area contributed by atoms with E-state index in [9.17, 15) is 13.2 Å². The van der Waals surface area contributed by atoms with E-state index < -0.39 is 9.84 Å². The van der Waals surface area contributed by atoms with Crippen LogP contribution in [0.1, 0.15) is 15.2 Å². The number of methoxy groups -OCH3 is 1. The maximum atomic E-state index is 13.6. The highest BCUT2D eigenvalue weighted by Gasteiger charge is 2.31. The molecule has 0 spiro atoms. The average Bonchev–Trinajstić information content (AvgIpc) is 3.15. The molecule has 0 aliphatic rings. The molecule has 0 aliphatic heterocycles. The minimum absolute atomic E-state index is 0.0785. The number of nitrogen functional groups attached to an aromatic ring is 1. The quantitative estimate of drug-likeness (QED) is 0.281. The van der Waals surface area contributed by atoms with Gasteiger partial charge in [0, 0.05) is 15.7 Å². The molecule has 168 valence electrons. The molecule has 0 fully saturated rings. The van der Waals surface area contributed by atoms with Gasteiger partial charge in [0.1, 0.15) is 20.5 Å². The summed E-state index contributed by atoms with van der Waals surface area (Å²) in [6.07, 6.45) is 0. The second-order valence-corrected chi connectivity index (χ2v) is 10.8. The van der Waals surface area contributed by atoms with Crippen LogP contribution in [0.4, 0.5) is 16.4 Å². The van der Waals surface area contributed by atoms with Crippen molar-refractivity contribution in [2.75, 3.05) is 18.2 Å². The van der Waals surface area contributed by atoms with Gasteiger partial charge in [-0.15, -0.1) is 11.3 Å². The number of benzene rings is 3. The lowest BCUT2D eigenvalue weighted by molar-refractivity contribution is 0.104. The highest BCUT2D eigenvalue weighted by molar-refractivity contribution is 9.10. The summed E-state index contributed by atoms with van der Waals surface area (Å²) in [5.41, 5.74) is 7.31. The lowest BCUT2D eigenvalue weighted by Gasteiger charge is -2.10. The number of carbonyl (C=O) groups excluding carboxylic acids is 1. The molecule has 0 saturated carbocycles. The zero-order valence-electron chi connectivity index (χ0n) is 17.4. The maximum Gasteiger partial charge on any atom is 0.211 e. The van der Waals surface area contributed by atoms with Crippen LogP contribution < -0.4 is 15.8 Å². The molecule has 1 heterocycles. The van der Waals surface area contributed by atoms with E-state index in [1.807, 2.05) is 18.2 Å². The molecule has 0 bridgehead atoms. The largest absolute Gasteiger partial charge is 0.497 e. The normalized spacial score (nSPS) is 11.2. The molecule has 4 rings (SSSR count). The molecule has 0 unspecified atom stereocenters. The molecule has 0 saturated heterocycles. The Balaban J connectivity index is 1.85. The first-order valence-electron chi connectivity index (χ1n) is 9.75. The van der Waals surface area contributed by atoms with Crippen molar-refractivity contribution in [3.63, 3.8) is 0 Å². The standard InChI is InChI=1S/C24H19BrN2O4S2/c1-31-18-11-7-15(8-12-18)21(28)22-20(26)23(24(32-22)27-17-5-3-2-4-6-17)33(29,30)19-13-9-16(25)10-14-19/h2-14,27H,26H2,1H3. The molecular weight excluding hydrogens is 524 g/mol. The van der Waals surface area contributed by atoms with E-state index in [0.717, 1.165) is 15.8 Å². The van der Waals surface area contributed by atoms with E-state index in [0.29, 0.717) is 17.0 Å². The highest BCUT2D eigenvalue weighted by atomic mass is 79.9. The number of nitrogens with one attached hydrogen (secondary N) is 1. The molecule has 0 radical (unpaired) electrons. The predicted molar refractivity (Wildman–Crippen MR) is 134 cm³/mol. The zero-order chi connectivity index (χ0) is 23.6. The van der Waals surface area contributed by atoms with Crippen LogP contribution in [0.25, 0.3) is 0 Å². The van der Waals surface area contributed by atoms with Gasteiger partial charge in [-0.1, -0.05) is 34.1 Å². The fourth-order valence-corrected chi connectivity index (χ4v) is 6.40. The molecule has 0 aliphatic carbocycles. The first-order chi connectivity index (χ1) is 15.8. The number of hydrogen-bond acceptors (Lipinski definition) is 7. The summed E-state index contributed by atoms with van der Waals surface area (Å²) in [6.45, 7) is 0. The molecule has 3 aromatic carbocycles. The minimum atomic E-state index is -4.01.